The van der Waals surface area contributed by atoms with Gasteiger partial charge in [-0.15, -0.1) is 23.1 Å². The predicted molar refractivity (Wildman–Crippen MR) is 95.9 cm³/mol. The summed E-state index contributed by atoms with van der Waals surface area (Å²) in [7, 11) is 0. The fourth-order valence-electron chi connectivity index (χ4n) is 2.68. The highest BCUT2D eigenvalue weighted by atomic mass is 32.2. The van der Waals surface area contributed by atoms with Crippen molar-refractivity contribution in [1.82, 2.24) is 0 Å². The van der Waals surface area contributed by atoms with E-state index >= 15 is 0 Å². The van der Waals surface area contributed by atoms with Crippen LogP contribution in [0.1, 0.15) is 31.6 Å². The van der Waals surface area contributed by atoms with E-state index in [4.69, 9.17) is 4.74 Å². The molecule has 6 heteroatoms. The van der Waals surface area contributed by atoms with E-state index < -0.39 is 5.92 Å². The van der Waals surface area contributed by atoms with Crippen molar-refractivity contribution in [3.8, 4) is 6.07 Å². The van der Waals surface area contributed by atoms with Gasteiger partial charge in [0.25, 0.3) is 0 Å². The van der Waals surface area contributed by atoms with Crippen LogP contribution in [0, 0.1) is 17.2 Å². The van der Waals surface area contributed by atoms with E-state index in [-0.39, 0.29) is 11.7 Å². The Morgan fingerprint density at radius 1 is 1.57 bits per heavy atom. The number of thioether (sulfide) groups is 1. The topological polar surface area (TPSA) is 62.4 Å². The molecule has 0 amide bonds. The lowest BCUT2D eigenvalue weighted by Gasteiger charge is -2.28. The molecule has 0 N–H and O–H groups in total. The van der Waals surface area contributed by atoms with E-state index in [0.29, 0.717) is 18.8 Å². The van der Waals surface area contributed by atoms with Crippen molar-refractivity contribution in [2.45, 2.75) is 26.7 Å². The molecule has 0 saturated heterocycles. The Morgan fingerprint density at radius 2 is 2.35 bits per heavy atom. The fourth-order valence-corrected chi connectivity index (χ4v) is 4.53. The number of nitriles is 1. The molecule has 2 rings (SSSR count). The van der Waals surface area contributed by atoms with Gasteiger partial charge in [0.15, 0.2) is 5.78 Å². The van der Waals surface area contributed by atoms with Crippen LogP contribution in [0.5, 0.6) is 0 Å². The monoisotopic (exact) mass is 348 g/mol. The van der Waals surface area contributed by atoms with Gasteiger partial charge in [0.2, 0.25) is 0 Å². The van der Waals surface area contributed by atoms with Crippen molar-refractivity contribution in [1.29, 1.82) is 5.26 Å². The number of carbonyl (C=O) groups excluding carboxylic acids is 1. The van der Waals surface area contributed by atoms with Crippen LogP contribution in [0.2, 0.25) is 0 Å². The van der Waals surface area contributed by atoms with Gasteiger partial charge in [-0.05, 0) is 32.2 Å². The van der Waals surface area contributed by atoms with Crippen LogP contribution in [0.15, 0.2) is 33.8 Å². The molecule has 0 fully saturated rings. The Labute approximate surface area is 145 Å². The zero-order valence-electron chi connectivity index (χ0n) is 13.5. The summed E-state index contributed by atoms with van der Waals surface area (Å²) in [6.07, 6.45) is 0. The SMILES string of the molecule is CCOCCSC1=NC(C)=C(C(C)=O)[C@@H](c2cccs2)C1C#N. The first kappa shape index (κ1) is 17.9. The van der Waals surface area contributed by atoms with E-state index in [2.05, 4.69) is 11.1 Å². The van der Waals surface area contributed by atoms with Crippen LogP contribution in [0.3, 0.4) is 0 Å². The highest BCUT2D eigenvalue weighted by Gasteiger charge is 2.37. The predicted octanol–water partition coefficient (Wildman–Crippen LogP) is 4.02. The summed E-state index contributed by atoms with van der Waals surface area (Å²) in [5, 5.41) is 12.5. The minimum atomic E-state index is -0.414. The van der Waals surface area contributed by atoms with E-state index in [1.165, 1.54) is 0 Å². The van der Waals surface area contributed by atoms with Gasteiger partial charge in [0.1, 0.15) is 5.92 Å². The third-order valence-corrected chi connectivity index (χ3v) is 5.60. The maximum absolute atomic E-state index is 12.1. The van der Waals surface area contributed by atoms with Crippen molar-refractivity contribution in [2.24, 2.45) is 10.9 Å². The minimum absolute atomic E-state index is 0.0109. The molecule has 0 bridgehead atoms. The maximum atomic E-state index is 12.1. The molecule has 122 valence electrons. The summed E-state index contributed by atoms with van der Waals surface area (Å²) < 4.78 is 5.36. The lowest BCUT2D eigenvalue weighted by atomic mass is 9.81. The second-order valence-electron chi connectivity index (χ2n) is 5.15. The normalized spacial score (nSPS) is 21.0. The first-order valence-corrected chi connectivity index (χ1v) is 9.40. The summed E-state index contributed by atoms with van der Waals surface area (Å²) in [6.45, 7) is 6.68. The molecule has 23 heavy (non-hydrogen) atoms. The molecule has 1 unspecified atom stereocenters. The largest absolute Gasteiger partial charge is 0.381 e. The minimum Gasteiger partial charge on any atom is -0.381 e. The van der Waals surface area contributed by atoms with Gasteiger partial charge in [-0.3, -0.25) is 4.79 Å². The van der Waals surface area contributed by atoms with Crippen LogP contribution < -0.4 is 0 Å². The second-order valence-corrected chi connectivity index (χ2v) is 7.25. The molecule has 0 spiro atoms. The molecule has 1 aliphatic rings. The average Bonchev–Trinajstić information content (AvgIpc) is 3.04. The van der Waals surface area contributed by atoms with Gasteiger partial charge in [-0.25, -0.2) is 4.99 Å². The number of allylic oxidation sites excluding steroid dienone is 2. The Kier molecular flexibility index (Phi) is 6.58. The summed E-state index contributed by atoms with van der Waals surface area (Å²) in [4.78, 5) is 17.7. The number of thiophene rings is 1. The zero-order valence-corrected chi connectivity index (χ0v) is 15.2. The number of ketones is 1. The lowest BCUT2D eigenvalue weighted by Crippen LogP contribution is -2.27. The molecule has 4 nitrogen and oxygen atoms in total. The highest BCUT2D eigenvalue weighted by molar-refractivity contribution is 8.14. The average molecular weight is 348 g/mol. The van der Waals surface area contributed by atoms with Crippen LogP contribution in [-0.2, 0) is 9.53 Å². The molecule has 0 radical (unpaired) electrons. The Morgan fingerprint density at radius 3 is 2.91 bits per heavy atom. The van der Waals surface area contributed by atoms with Crippen molar-refractivity contribution >= 4 is 33.9 Å². The number of hydrogen-bond donors (Lipinski definition) is 0. The Bertz CT molecular complexity index is 657. The summed E-state index contributed by atoms with van der Waals surface area (Å²) in [5.41, 5.74) is 1.38. The molecule has 0 aromatic carbocycles. The standard InChI is InChI=1S/C17H20N2O2S2/c1-4-21-7-9-23-17-13(10-18)16(14-6-5-8-22-14)15(12(3)20)11(2)19-17/h5-6,8,13,16H,4,7,9H2,1-3H3/t13?,16-/m1/s1. The van der Waals surface area contributed by atoms with Gasteiger partial charge >= 0.3 is 0 Å². The van der Waals surface area contributed by atoms with Crippen LogP contribution in [-0.4, -0.2) is 29.8 Å². The molecule has 1 aliphatic heterocycles. The third kappa shape index (κ3) is 4.11. The van der Waals surface area contributed by atoms with Crippen LogP contribution in [0.25, 0.3) is 0 Å². The molecule has 0 aliphatic carbocycles. The molecule has 2 heterocycles. The number of hydrogen-bond acceptors (Lipinski definition) is 6. The van der Waals surface area contributed by atoms with Crippen LogP contribution >= 0.6 is 23.1 Å². The Balaban J connectivity index is 2.35. The summed E-state index contributed by atoms with van der Waals surface area (Å²) in [6, 6.07) is 6.31. The van der Waals surface area contributed by atoms with Gasteiger partial charge < -0.3 is 4.74 Å². The van der Waals surface area contributed by atoms with Gasteiger partial charge in [-0.2, -0.15) is 5.26 Å². The van der Waals surface area contributed by atoms with E-state index in [0.717, 1.165) is 21.4 Å². The molecular formula is C17H20N2O2S2. The maximum Gasteiger partial charge on any atom is 0.158 e. The van der Waals surface area contributed by atoms with Crippen LogP contribution in [0.4, 0.5) is 0 Å². The van der Waals surface area contributed by atoms with E-state index in [9.17, 15) is 10.1 Å². The van der Waals surface area contributed by atoms with Gasteiger partial charge in [0, 0.05) is 34.4 Å². The number of aliphatic imine (C=N–C) groups is 1. The van der Waals surface area contributed by atoms with Crippen molar-refractivity contribution < 1.29 is 9.53 Å². The highest BCUT2D eigenvalue weighted by Crippen LogP contribution is 2.42. The third-order valence-electron chi connectivity index (χ3n) is 3.63. The summed E-state index contributed by atoms with van der Waals surface area (Å²) >= 11 is 3.13. The second kappa shape index (κ2) is 8.44. The van der Waals surface area contributed by atoms with E-state index in [1.807, 2.05) is 31.4 Å². The molecule has 0 saturated carbocycles. The quantitative estimate of drug-likeness (QED) is 0.729. The fraction of sp³-hybridized carbons (Fsp3) is 0.471. The van der Waals surface area contributed by atoms with E-state index in [1.54, 1.807) is 30.0 Å². The number of carbonyl (C=O) groups is 1. The van der Waals surface area contributed by atoms with Gasteiger partial charge in [-0.1, -0.05) is 6.07 Å². The van der Waals surface area contributed by atoms with Crippen molar-refractivity contribution in [2.75, 3.05) is 19.0 Å². The molecule has 1 aromatic rings. The summed E-state index contributed by atoms with van der Waals surface area (Å²) in [5.74, 6) is 0.112. The molecular weight excluding hydrogens is 328 g/mol. The Hall–Kier alpha value is -1.42. The van der Waals surface area contributed by atoms with Gasteiger partial charge in [0.05, 0.1) is 17.7 Å². The number of nitrogens with zero attached hydrogens (tertiary/aromatic N) is 2. The first-order chi connectivity index (χ1) is 11.1. The number of rotatable bonds is 6. The van der Waals surface area contributed by atoms with Crippen molar-refractivity contribution in [3.05, 3.63) is 33.7 Å². The first-order valence-electron chi connectivity index (χ1n) is 7.54. The molecule has 2 atom stereocenters. The lowest BCUT2D eigenvalue weighted by molar-refractivity contribution is -0.114. The smallest absolute Gasteiger partial charge is 0.158 e. The number of ether oxygens (including phenoxy) is 1. The number of Topliss-reactive ketones (excluding diaryl/α,β-unsaturated/α-hetero) is 1. The van der Waals surface area contributed by atoms with Crippen molar-refractivity contribution in [3.63, 3.8) is 0 Å². The molecule has 1 aromatic heterocycles. The zero-order chi connectivity index (χ0) is 16.8.